The molecular formula is C47H30N2O2. The van der Waals surface area contributed by atoms with Crippen molar-refractivity contribution in [1.82, 2.24) is 4.98 Å². The molecule has 4 heteroatoms. The van der Waals surface area contributed by atoms with Gasteiger partial charge in [0.25, 0.3) is 0 Å². The zero-order valence-corrected chi connectivity index (χ0v) is 27.5. The summed E-state index contributed by atoms with van der Waals surface area (Å²) in [7, 11) is 0. The van der Waals surface area contributed by atoms with Crippen LogP contribution in [-0.2, 0) is 0 Å². The van der Waals surface area contributed by atoms with Gasteiger partial charge in [-0.25, -0.2) is 4.98 Å². The van der Waals surface area contributed by atoms with Gasteiger partial charge in [0.1, 0.15) is 16.7 Å². The molecule has 0 radical (unpaired) electrons. The molecule has 0 saturated carbocycles. The van der Waals surface area contributed by atoms with Crippen molar-refractivity contribution in [2.45, 2.75) is 0 Å². The lowest BCUT2D eigenvalue weighted by atomic mass is 9.99. The van der Waals surface area contributed by atoms with E-state index in [1.54, 1.807) is 0 Å². The molecule has 4 nitrogen and oxygen atoms in total. The average Bonchev–Trinajstić information content (AvgIpc) is 3.80. The van der Waals surface area contributed by atoms with Crippen LogP contribution in [0.1, 0.15) is 0 Å². The maximum atomic E-state index is 6.58. The van der Waals surface area contributed by atoms with Crippen molar-refractivity contribution in [2.24, 2.45) is 0 Å². The van der Waals surface area contributed by atoms with Gasteiger partial charge < -0.3 is 13.7 Å². The number of anilines is 3. The van der Waals surface area contributed by atoms with Crippen molar-refractivity contribution >= 4 is 60.9 Å². The largest absolute Gasteiger partial charge is 0.455 e. The highest BCUT2D eigenvalue weighted by Gasteiger charge is 2.22. The van der Waals surface area contributed by atoms with E-state index in [0.29, 0.717) is 5.89 Å². The van der Waals surface area contributed by atoms with E-state index in [4.69, 9.17) is 13.8 Å². The fraction of sp³-hybridized carbons (Fsp3) is 0. The average molecular weight is 655 g/mol. The van der Waals surface area contributed by atoms with Crippen molar-refractivity contribution in [3.63, 3.8) is 0 Å². The minimum absolute atomic E-state index is 0.584. The summed E-state index contributed by atoms with van der Waals surface area (Å²) in [5.41, 5.74) is 11.5. The first-order chi connectivity index (χ1) is 25.3. The number of para-hydroxylation sites is 1. The molecule has 51 heavy (non-hydrogen) atoms. The van der Waals surface area contributed by atoms with Gasteiger partial charge >= 0.3 is 0 Å². The number of benzene rings is 8. The zero-order chi connectivity index (χ0) is 33.7. The van der Waals surface area contributed by atoms with E-state index in [-0.39, 0.29) is 0 Å². The molecule has 0 spiro atoms. The molecule has 0 aliphatic rings. The number of nitrogens with zero attached hydrogens (tertiary/aromatic N) is 2. The van der Waals surface area contributed by atoms with Crippen molar-refractivity contribution < 1.29 is 8.83 Å². The van der Waals surface area contributed by atoms with Crippen LogP contribution in [0.4, 0.5) is 17.1 Å². The van der Waals surface area contributed by atoms with Crippen molar-refractivity contribution in [3.8, 4) is 33.7 Å². The highest BCUT2D eigenvalue weighted by Crippen LogP contribution is 2.44. The molecule has 8 aromatic carbocycles. The second-order valence-corrected chi connectivity index (χ2v) is 12.8. The van der Waals surface area contributed by atoms with Gasteiger partial charge in [-0.15, -0.1) is 0 Å². The van der Waals surface area contributed by atoms with E-state index in [2.05, 4.69) is 138 Å². The number of rotatable bonds is 6. The standard InChI is InChI=1S/C47H30N2O2/c1-3-12-31(13-4-1)36-18-11-19-38(28-36)49(39-27-22-32-14-7-8-17-35(32)29-39)37-25-23-33(24-26-37)44-45-43(51-47(48-45)34-15-5-2-6-16-34)30-41-40-20-9-10-21-42(40)50-46(41)44/h1-30H. The third-order valence-corrected chi connectivity index (χ3v) is 9.66. The molecule has 0 unspecified atom stereocenters. The minimum atomic E-state index is 0.584. The smallest absolute Gasteiger partial charge is 0.227 e. The number of furan rings is 1. The molecule has 2 heterocycles. The number of hydrogen-bond acceptors (Lipinski definition) is 4. The van der Waals surface area contributed by atoms with Crippen LogP contribution in [0.3, 0.4) is 0 Å². The number of oxazole rings is 1. The molecule has 0 aliphatic heterocycles. The number of hydrogen-bond donors (Lipinski definition) is 0. The van der Waals surface area contributed by atoms with Gasteiger partial charge in [0.05, 0.1) is 5.56 Å². The summed E-state index contributed by atoms with van der Waals surface area (Å²) in [5.74, 6) is 0.584. The van der Waals surface area contributed by atoms with Crippen LogP contribution in [0.2, 0.25) is 0 Å². The third kappa shape index (κ3) is 5.04. The molecule has 2 aromatic heterocycles. The van der Waals surface area contributed by atoms with Crippen molar-refractivity contribution in [2.75, 3.05) is 4.90 Å². The predicted octanol–water partition coefficient (Wildman–Crippen LogP) is 13.4. The fourth-order valence-corrected chi connectivity index (χ4v) is 7.21. The molecule has 10 rings (SSSR count). The Morgan fingerprint density at radius 2 is 1.06 bits per heavy atom. The van der Waals surface area contributed by atoms with Crippen LogP contribution in [0, 0.1) is 0 Å². The Balaban J connectivity index is 1.15. The highest BCUT2D eigenvalue weighted by molar-refractivity contribution is 6.16. The fourth-order valence-electron chi connectivity index (χ4n) is 7.21. The molecule has 0 atom stereocenters. The zero-order valence-electron chi connectivity index (χ0n) is 27.5. The quantitative estimate of drug-likeness (QED) is 0.179. The third-order valence-electron chi connectivity index (χ3n) is 9.66. The Morgan fingerprint density at radius 1 is 0.392 bits per heavy atom. The van der Waals surface area contributed by atoms with Crippen molar-refractivity contribution in [1.29, 1.82) is 0 Å². The lowest BCUT2D eigenvalue weighted by Gasteiger charge is -2.26. The summed E-state index contributed by atoms with van der Waals surface area (Å²) < 4.78 is 13.0. The summed E-state index contributed by atoms with van der Waals surface area (Å²) in [6.45, 7) is 0. The van der Waals surface area contributed by atoms with Gasteiger partial charge in [-0.1, -0.05) is 121 Å². The Hall–Kier alpha value is -6.91. The number of fused-ring (bicyclic) bond motifs is 5. The SMILES string of the molecule is c1ccc(-c2cccc(N(c3ccc(-c4c5nc(-c6ccccc6)oc5cc5c4oc4ccccc45)cc3)c3ccc4ccccc4c3)c2)cc1. The molecule has 0 saturated heterocycles. The van der Waals surface area contributed by atoms with E-state index in [9.17, 15) is 0 Å². The van der Waals surface area contributed by atoms with Crippen molar-refractivity contribution in [3.05, 3.63) is 182 Å². The molecule has 0 aliphatic carbocycles. The Bertz CT molecular complexity index is 2850. The van der Waals surface area contributed by atoms with Crippen LogP contribution in [0.25, 0.3) is 77.5 Å². The first-order valence-electron chi connectivity index (χ1n) is 17.1. The van der Waals surface area contributed by atoms with E-state index in [0.717, 1.165) is 72.4 Å². The van der Waals surface area contributed by atoms with Gasteiger partial charge in [0.2, 0.25) is 5.89 Å². The Kier molecular flexibility index (Phi) is 6.78. The summed E-state index contributed by atoms with van der Waals surface area (Å²) in [5, 5.41) is 4.45. The molecule has 10 aromatic rings. The van der Waals surface area contributed by atoms with Crippen LogP contribution >= 0.6 is 0 Å². The Morgan fingerprint density at radius 3 is 1.88 bits per heavy atom. The van der Waals surface area contributed by atoms with E-state index in [1.165, 1.54) is 16.3 Å². The molecule has 240 valence electrons. The maximum Gasteiger partial charge on any atom is 0.227 e. The van der Waals surface area contributed by atoms with Crippen LogP contribution in [0.5, 0.6) is 0 Å². The van der Waals surface area contributed by atoms with E-state index in [1.807, 2.05) is 48.5 Å². The molecular weight excluding hydrogens is 625 g/mol. The molecule has 0 bridgehead atoms. The lowest BCUT2D eigenvalue weighted by Crippen LogP contribution is -2.10. The number of aromatic nitrogens is 1. The predicted molar refractivity (Wildman–Crippen MR) is 210 cm³/mol. The lowest BCUT2D eigenvalue weighted by molar-refractivity contribution is 0.620. The topological polar surface area (TPSA) is 42.4 Å². The second kappa shape index (κ2) is 11.9. The monoisotopic (exact) mass is 654 g/mol. The van der Waals surface area contributed by atoms with Gasteiger partial charge in [-0.3, -0.25) is 0 Å². The minimum Gasteiger partial charge on any atom is -0.455 e. The summed E-state index contributed by atoms with van der Waals surface area (Å²) in [6, 6.07) is 63.4. The van der Waals surface area contributed by atoms with Gasteiger partial charge in [-0.05, 0) is 88.1 Å². The highest BCUT2D eigenvalue weighted by atomic mass is 16.4. The van der Waals surface area contributed by atoms with Crippen LogP contribution in [0.15, 0.2) is 191 Å². The van der Waals surface area contributed by atoms with Gasteiger partial charge in [0.15, 0.2) is 5.58 Å². The molecule has 0 fully saturated rings. The first-order valence-corrected chi connectivity index (χ1v) is 17.1. The summed E-state index contributed by atoms with van der Waals surface area (Å²) in [4.78, 5) is 7.39. The summed E-state index contributed by atoms with van der Waals surface area (Å²) >= 11 is 0. The van der Waals surface area contributed by atoms with Crippen LogP contribution in [-0.4, -0.2) is 4.98 Å². The first kappa shape index (κ1) is 29.0. The van der Waals surface area contributed by atoms with Gasteiger partial charge in [0, 0.05) is 33.4 Å². The normalized spacial score (nSPS) is 11.5. The summed E-state index contributed by atoms with van der Waals surface area (Å²) in [6.07, 6.45) is 0. The molecule has 0 N–H and O–H groups in total. The maximum absolute atomic E-state index is 6.58. The van der Waals surface area contributed by atoms with E-state index >= 15 is 0 Å². The second-order valence-electron chi connectivity index (χ2n) is 12.8. The van der Waals surface area contributed by atoms with Gasteiger partial charge in [-0.2, -0.15) is 0 Å². The van der Waals surface area contributed by atoms with Crippen LogP contribution < -0.4 is 4.90 Å². The van der Waals surface area contributed by atoms with E-state index < -0.39 is 0 Å². The Labute approximate surface area is 294 Å². The molecule has 0 amide bonds.